The molecule has 0 aliphatic rings. The molecule has 0 aliphatic heterocycles. The topological polar surface area (TPSA) is 27.8 Å². The SMILES string of the molecule is Brc1ccc(Nc2[nH]c3ccccc3c2Sc2ccc(Br)cc2)cc1. The highest BCUT2D eigenvalue weighted by Crippen LogP contribution is 2.40. The number of anilines is 2. The summed E-state index contributed by atoms with van der Waals surface area (Å²) in [5.41, 5.74) is 2.18. The van der Waals surface area contributed by atoms with E-state index in [1.807, 2.05) is 12.1 Å². The lowest BCUT2D eigenvalue weighted by Crippen LogP contribution is -1.91. The average molecular weight is 474 g/mol. The van der Waals surface area contributed by atoms with Gasteiger partial charge >= 0.3 is 0 Å². The zero-order chi connectivity index (χ0) is 17.2. The van der Waals surface area contributed by atoms with Gasteiger partial charge in [-0.3, -0.25) is 0 Å². The molecule has 0 radical (unpaired) electrons. The lowest BCUT2D eigenvalue weighted by Gasteiger charge is -2.08. The molecule has 5 heteroatoms. The van der Waals surface area contributed by atoms with Crippen LogP contribution in [0, 0.1) is 0 Å². The Morgan fingerprint density at radius 2 is 1.40 bits per heavy atom. The van der Waals surface area contributed by atoms with Crippen LogP contribution in [0.5, 0.6) is 0 Å². The Bertz CT molecular complexity index is 1010. The monoisotopic (exact) mass is 472 g/mol. The number of para-hydroxylation sites is 1. The van der Waals surface area contributed by atoms with Crippen molar-refractivity contribution in [3.8, 4) is 0 Å². The summed E-state index contributed by atoms with van der Waals surface area (Å²) in [7, 11) is 0. The summed E-state index contributed by atoms with van der Waals surface area (Å²) < 4.78 is 2.16. The fourth-order valence-electron chi connectivity index (χ4n) is 2.61. The molecular weight excluding hydrogens is 460 g/mol. The molecule has 2 N–H and O–H groups in total. The highest BCUT2D eigenvalue weighted by atomic mass is 79.9. The Labute approximate surface area is 167 Å². The third-order valence-electron chi connectivity index (χ3n) is 3.81. The van der Waals surface area contributed by atoms with E-state index in [-0.39, 0.29) is 0 Å². The smallest absolute Gasteiger partial charge is 0.123 e. The van der Waals surface area contributed by atoms with Crippen molar-refractivity contribution in [3.63, 3.8) is 0 Å². The van der Waals surface area contributed by atoms with Crippen LogP contribution in [0.3, 0.4) is 0 Å². The van der Waals surface area contributed by atoms with Crippen molar-refractivity contribution >= 4 is 66.0 Å². The summed E-state index contributed by atoms with van der Waals surface area (Å²) >= 11 is 8.73. The van der Waals surface area contributed by atoms with Crippen LogP contribution in [0.2, 0.25) is 0 Å². The number of aromatic nitrogens is 1. The molecule has 0 saturated heterocycles. The van der Waals surface area contributed by atoms with Gasteiger partial charge in [-0.2, -0.15) is 0 Å². The first kappa shape index (κ1) is 16.8. The molecule has 124 valence electrons. The van der Waals surface area contributed by atoms with Crippen LogP contribution in [0.15, 0.2) is 91.5 Å². The molecule has 25 heavy (non-hydrogen) atoms. The first-order valence-corrected chi connectivity index (χ1v) is 10.2. The second-order valence-electron chi connectivity index (χ2n) is 5.56. The molecule has 0 atom stereocenters. The second-order valence-corrected chi connectivity index (χ2v) is 8.48. The molecule has 1 heterocycles. The predicted octanol–water partition coefficient (Wildman–Crippen LogP) is 7.59. The first-order chi connectivity index (χ1) is 12.2. The third-order valence-corrected chi connectivity index (χ3v) is 6.00. The lowest BCUT2D eigenvalue weighted by molar-refractivity contribution is 1.35. The van der Waals surface area contributed by atoms with Crippen molar-refractivity contribution in [3.05, 3.63) is 81.7 Å². The van der Waals surface area contributed by atoms with E-state index in [9.17, 15) is 0 Å². The summed E-state index contributed by atoms with van der Waals surface area (Å²) in [4.78, 5) is 5.90. The minimum Gasteiger partial charge on any atom is -0.341 e. The van der Waals surface area contributed by atoms with Crippen LogP contribution < -0.4 is 5.32 Å². The van der Waals surface area contributed by atoms with E-state index in [0.29, 0.717) is 0 Å². The zero-order valence-corrected chi connectivity index (χ0v) is 17.1. The molecule has 1 aromatic heterocycles. The van der Waals surface area contributed by atoms with Crippen molar-refractivity contribution < 1.29 is 0 Å². The van der Waals surface area contributed by atoms with E-state index >= 15 is 0 Å². The molecule has 0 fully saturated rings. The predicted molar refractivity (Wildman–Crippen MR) is 114 cm³/mol. The molecule has 0 saturated carbocycles. The zero-order valence-electron chi connectivity index (χ0n) is 13.1. The Morgan fingerprint density at radius 3 is 2.12 bits per heavy atom. The van der Waals surface area contributed by atoms with Crippen molar-refractivity contribution in [1.29, 1.82) is 0 Å². The lowest BCUT2D eigenvalue weighted by atomic mass is 10.2. The Hall–Kier alpha value is -1.69. The molecule has 4 aromatic rings. The Kier molecular flexibility index (Phi) is 4.88. The van der Waals surface area contributed by atoms with E-state index in [2.05, 4.69) is 103 Å². The van der Waals surface area contributed by atoms with Crippen LogP contribution in [-0.2, 0) is 0 Å². The van der Waals surface area contributed by atoms with Crippen molar-refractivity contribution in [2.24, 2.45) is 0 Å². The van der Waals surface area contributed by atoms with E-state index in [1.54, 1.807) is 11.8 Å². The summed E-state index contributed by atoms with van der Waals surface area (Å²) in [5, 5.41) is 4.73. The van der Waals surface area contributed by atoms with Gasteiger partial charge in [0.2, 0.25) is 0 Å². The van der Waals surface area contributed by atoms with Gasteiger partial charge in [0.25, 0.3) is 0 Å². The minimum atomic E-state index is 1.01. The van der Waals surface area contributed by atoms with Crippen molar-refractivity contribution in [2.75, 3.05) is 5.32 Å². The summed E-state index contributed by atoms with van der Waals surface area (Å²) in [6, 6.07) is 25.0. The standard InChI is InChI=1S/C20H14Br2N2S/c21-13-5-9-15(10-6-13)23-20-19(17-3-1-2-4-18(17)24-20)25-16-11-7-14(22)8-12-16/h1-12,23-24H. The van der Waals surface area contributed by atoms with Crippen LogP contribution in [0.4, 0.5) is 11.5 Å². The summed E-state index contributed by atoms with van der Waals surface area (Å²) in [6.45, 7) is 0. The molecule has 0 unspecified atom stereocenters. The van der Waals surface area contributed by atoms with Gasteiger partial charge < -0.3 is 10.3 Å². The third kappa shape index (κ3) is 3.78. The molecular formula is C20H14Br2N2S. The molecule has 3 aromatic carbocycles. The second kappa shape index (κ2) is 7.28. The van der Waals surface area contributed by atoms with E-state index in [1.165, 1.54) is 15.2 Å². The highest BCUT2D eigenvalue weighted by Gasteiger charge is 2.13. The number of H-pyrrole nitrogens is 1. The number of hydrogen-bond donors (Lipinski definition) is 2. The average Bonchev–Trinajstić information content (AvgIpc) is 2.96. The molecule has 2 nitrogen and oxygen atoms in total. The summed E-state index contributed by atoms with van der Waals surface area (Å²) in [6.07, 6.45) is 0. The number of aromatic amines is 1. The van der Waals surface area contributed by atoms with Crippen LogP contribution >= 0.6 is 43.6 Å². The van der Waals surface area contributed by atoms with E-state index in [4.69, 9.17) is 0 Å². The van der Waals surface area contributed by atoms with Gasteiger partial charge in [-0.1, -0.05) is 61.8 Å². The van der Waals surface area contributed by atoms with Crippen molar-refractivity contribution in [2.45, 2.75) is 9.79 Å². The number of rotatable bonds is 4. The van der Waals surface area contributed by atoms with Crippen molar-refractivity contribution in [1.82, 2.24) is 4.98 Å². The van der Waals surface area contributed by atoms with Crippen LogP contribution in [0.1, 0.15) is 0 Å². The first-order valence-electron chi connectivity index (χ1n) is 7.76. The Morgan fingerprint density at radius 1 is 0.760 bits per heavy atom. The molecule has 4 rings (SSSR count). The van der Waals surface area contributed by atoms with Gasteiger partial charge in [0.1, 0.15) is 5.82 Å². The highest BCUT2D eigenvalue weighted by molar-refractivity contribution is 9.10. The molecule has 0 bridgehead atoms. The fraction of sp³-hybridized carbons (Fsp3) is 0. The van der Waals surface area contributed by atoms with Crippen LogP contribution in [0.25, 0.3) is 10.9 Å². The van der Waals surface area contributed by atoms with Gasteiger partial charge in [-0.15, -0.1) is 0 Å². The molecule has 0 spiro atoms. The van der Waals surface area contributed by atoms with Gasteiger partial charge in [0.15, 0.2) is 0 Å². The molecule has 0 aliphatic carbocycles. The van der Waals surface area contributed by atoms with Gasteiger partial charge in [0, 0.05) is 30.4 Å². The van der Waals surface area contributed by atoms with Gasteiger partial charge in [-0.25, -0.2) is 0 Å². The maximum Gasteiger partial charge on any atom is 0.123 e. The number of halogens is 2. The number of hydrogen-bond acceptors (Lipinski definition) is 2. The van der Waals surface area contributed by atoms with E-state index in [0.717, 1.165) is 26.0 Å². The largest absolute Gasteiger partial charge is 0.341 e. The number of nitrogens with one attached hydrogen (secondary N) is 2. The molecule has 0 amide bonds. The quantitative estimate of drug-likeness (QED) is 0.319. The van der Waals surface area contributed by atoms with Gasteiger partial charge in [0.05, 0.1) is 4.90 Å². The normalized spacial score (nSPS) is 11.0. The van der Waals surface area contributed by atoms with Crippen LogP contribution in [-0.4, -0.2) is 4.98 Å². The number of fused-ring (bicyclic) bond motifs is 1. The Balaban J connectivity index is 1.74. The number of benzene rings is 3. The van der Waals surface area contributed by atoms with Gasteiger partial charge in [-0.05, 0) is 54.6 Å². The fourth-order valence-corrected chi connectivity index (χ4v) is 4.14. The summed E-state index contributed by atoms with van der Waals surface area (Å²) in [5.74, 6) is 1.01. The maximum atomic E-state index is 3.51. The maximum absolute atomic E-state index is 3.51. The van der Waals surface area contributed by atoms with E-state index < -0.39 is 0 Å². The minimum absolute atomic E-state index is 1.01.